The van der Waals surface area contributed by atoms with Gasteiger partial charge in [0.25, 0.3) is 0 Å². The van der Waals surface area contributed by atoms with E-state index in [4.69, 9.17) is 4.74 Å². The van der Waals surface area contributed by atoms with Crippen molar-refractivity contribution < 1.29 is 22.7 Å². The zero-order valence-electron chi connectivity index (χ0n) is 18.4. The van der Waals surface area contributed by atoms with Gasteiger partial charge in [-0.1, -0.05) is 18.2 Å². The maximum Gasteiger partial charge on any atom is 0.416 e. The van der Waals surface area contributed by atoms with Crippen LogP contribution in [0.3, 0.4) is 0 Å². The zero-order valence-corrected chi connectivity index (χ0v) is 18.4. The fourth-order valence-corrected chi connectivity index (χ4v) is 4.88. The van der Waals surface area contributed by atoms with Crippen LogP contribution in [-0.4, -0.2) is 49.7 Å². The number of hydrogen-bond donors (Lipinski definition) is 1. The molecule has 1 aliphatic carbocycles. The number of nitrogens with zero attached hydrogens (tertiary/aromatic N) is 1. The molecular weight excluding hydrogens is 405 g/mol. The van der Waals surface area contributed by atoms with E-state index in [1.165, 1.54) is 12.1 Å². The Labute approximate surface area is 183 Å². The summed E-state index contributed by atoms with van der Waals surface area (Å²) in [4.78, 5) is 14.2. The number of amides is 1. The molecule has 4 nitrogen and oxygen atoms in total. The molecule has 1 aromatic rings. The van der Waals surface area contributed by atoms with Crippen molar-refractivity contribution in [3.05, 3.63) is 35.4 Å². The van der Waals surface area contributed by atoms with Crippen LogP contribution in [0, 0.1) is 5.92 Å². The van der Waals surface area contributed by atoms with E-state index >= 15 is 0 Å². The van der Waals surface area contributed by atoms with Crippen LogP contribution in [0.2, 0.25) is 0 Å². The number of carbonyl (C=O) groups excluding carboxylic acids is 1. The summed E-state index contributed by atoms with van der Waals surface area (Å²) in [5, 5.41) is 3.07. The first-order chi connectivity index (χ1) is 14.8. The zero-order chi connectivity index (χ0) is 22.3. The molecule has 0 unspecified atom stereocenters. The van der Waals surface area contributed by atoms with Gasteiger partial charge in [0.05, 0.1) is 5.56 Å². The Kier molecular flexibility index (Phi) is 8.78. The number of piperidine rings is 1. The molecule has 0 aromatic heterocycles. The summed E-state index contributed by atoms with van der Waals surface area (Å²) in [5.74, 6) is 0.893. The lowest BCUT2D eigenvalue weighted by atomic mass is 9.83. The van der Waals surface area contributed by atoms with Gasteiger partial charge in [0.1, 0.15) is 6.61 Å². The smallest absolute Gasteiger partial charge is 0.372 e. The van der Waals surface area contributed by atoms with Crippen molar-refractivity contribution in [2.75, 3.05) is 32.8 Å². The van der Waals surface area contributed by atoms with Crippen molar-refractivity contribution in [2.45, 2.75) is 70.0 Å². The van der Waals surface area contributed by atoms with Crippen LogP contribution >= 0.6 is 0 Å². The van der Waals surface area contributed by atoms with Gasteiger partial charge >= 0.3 is 6.18 Å². The number of halogens is 3. The number of hydrogen-bond acceptors (Lipinski definition) is 3. The topological polar surface area (TPSA) is 41.6 Å². The third-order valence-corrected chi connectivity index (χ3v) is 6.78. The highest BCUT2D eigenvalue weighted by Crippen LogP contribution is 2.34. The normalized spacial score (nSPS) is 23.6. The van der Waals surface area contributed by atoms with Gasteiger partial charge in [-0.15, -0.1) is 0 Å². The lowest BCUT2D eigenvalue weighted by Gasteiger charge is -2.34. The number of carbonyl (C=O) groups is 1. The molecule has 7 heteroatoms. The number of alkyl halides is 3. The minimum atomic E-state index is -4.28. The largest absolute Gasteiger partial charge is 0.416 e. The predicted octanol–water partition coefficient (Wildman–Crippen LogP) is 4.99. The third-order valence-electron chi connectivity index (χ3n) is 6.78. The first-order valence-electron chi connectivity index (χ1n) is 11.6. The Bertz CT molecular complexity index is 694. The molecule has 1 N–H and O–H groups in total. The van der Waals surface area contributed by atoms with Crippen LogP contribution in [0.1, 0.15) is 68.9 Å². The van der Waals surface area contributed by atoms with Crippen molar-refractivity contribution >= 4 is 5.91 Å². The second-order valence-electron chi connectivity index (χ2n) is 8.95. The SMILES string of the molecule is CCOCC(=O)N[C@H]1CC[C@H](CCN2CCC(c3cccc(C(F)(F)F)c3)CC2)CC1. The maximum absolute atomic E-state index is 13.0. The van der Waals surface area contributed by atoms with E-state index < -0.39 is 11.7 Å². The van der Waals surface area contributed by atoms with Crippen molar-refractivity contribution in [3.8, 4) is 0 Å². The van der Waals surface area contributed by atoms with Crippen LogP contribution in [0.15, 0.2) is 24.3 Å². The Balaban J connectivity index is 1.35. The molecule has 174 valence electrons. The molecule has 3 rings (SSSR count). The van der Waals surface area contributed by atoms with Gasteiger partial charge in [-0.05, 0) is 95.0 Å². The Morgan fingerprint density at radius 1 is 1.13 bits per heavy atom. The second-order valence-corrected chi connectivity index (χ2v) is 8.95. The van der Waals surface area contributed by atoms with Gasteiger partial charge in [0, 0.05) is 12.6 Å². The molecule has 2 aliphatic rings. The minimum absolute atomic E-state index is 0.0195. The average molecular weight is 441 g/mol. The second kappa shape index (κ2) is 11.3. The van der Waals surface area contributed by atoms with Crippen LogP contribution in [0.4, 0.5) is 13.2 Å². The van der Waals surface area contributed by atoms with Gasteiger partial charge in [0.15, 0.2) is 0 Å². The van der Waals surface area contributed by atoms with E-state index in [0.717, 1.165) is 76.2 Å². The first-order valence-corrected chi connectivity index (χ1v) is 11.6. The van der Waals surface area contributed by atoms with Gasteiger partial charge < -0.3 is 15.0 Å². The van der Waals surface area contributed by atoms with Gasteiger partial charge in [0.2, 0.25) is 5.91 Å². The molecule has 31 heavy (non-hydrogen) atoms. The summed E-state index contributed by atoms with van der Waals surface area (Å²) in [6.07, 6.45) is 3.05. The third kappa shape index (κ3) is 7.49. The van der Waals surface area contributed by atoms with Gasteiger partial charge in [-0.2, -0.15) is 13.2 Å². The molecule has 1 saturated heterocycles. The number of nitrogens with one attached hydrogen (secondary N) is 1. The molecule has 0 bridgehead atoms. The molecular formula is C24H35F3N2O2. The number of likely N-dealkylation sites (tertiary alicyclic amines) is 1. The summed E-state index contributed by atoms with van der Waals surface area (Å²) >= 11 is 0. The summed E-state index contributed by atoms with van der Waals surface area (Å²) in [6.45, 7) is 5.53. The van der Waals surface area contributed by atoms with E-state index in [-0.39, 0.29) is 24.5 Å². The highest BCUT2D eigenvalue weighted by molar-refractivity contribution is 5.77. The highest BCUT2D eigenvalue weighted by atomic mass is 19.4. The van der Waals surface area contributed by atoms with E-state index in [2.05, 4.69) is 10.2 Å². The van der Waals surface area contributed by atoms with E-state index in [0.29, 0.717) is 12.5 Å². The summed E-state index contributed by atoms with van der Waals surface area (Å²) in [5.41, 5.74) is 0.274. The molecule has 1 aromatic carbocycles. The molecule has 0 spiro atoms. The molecule has 1 amide bonds. The Morgan fingerprint density at radius 2 is 1.84 bits per heavy atom. The van der Waals surface area contributed by atoms with E-state index in [1.54, 1.807) is 0 Å². The van der Waals surface area contributed by atoms with Gasteiger partial charge in [-0.3, -0.25) is 4.79 Å². The molecule has 1 saturated carbocycles. The summed E-state index contributed by atoms with van der Waals surface area (Å²) in [6, 6.07) is 6.11. The standard InChI is InChI=1S/C24H35F3N2O2/c1-2-31-17-23(30)28-22-8-6-18(7-9-22)10-13-29-14-11-19(12-15-29)20-4-3-5-21(16-20)24(25,26)27/h3-5,16,18-19,22H,2,6-15,17H2,1H3,(H,28,30)/t18-,22-. The van der Waals surface area contributed by atoms with Gasteiger partial charge in [-0.25, -0.2) is 0 Å². The summed E-state index contributed by atoms with van der Waals surface area (Å²) < 4.78 is 44.1. The molecule has 0 atom stereocenters. The fraction of sp³-hybridized carbons (Fsp3) is 0.708. The Hall–Kier alpha value is -1.60. The van der Waals surface area contributed by atoms with Crippen LogP contribution in [0.25, 0.3) is 0 Å². The molecule has 1 aliphatic heterocycles. The quantitative estimate of drug-likeness (QED) is 0.620. The maximum atomic E-state index is 13.0. The monoisotopic (exact) mass is 440 g/mol. The van der Waals surface area contributed by atoms with Crippen LogP contribution in [-0.2, 0) is 15.7 Å². The van der Waals surface area contributed by atoms with Crippen LogP contribution in [0.5, 0.6) is 0 Å². The Morgan fingerprint density at radius 3 is 2.48 bits per heavy atom. The molecule has 2 fully saturated rings. The molecule has 0 radical (unpaired) electrons. The van der Waals surface area contributed by atoms with Crippen LogP contribution < -0.4 is 5.32 Å². The highest BCUT2D eigenvalue weighted by Gasteiger charge is 2.31. The minimum Gasteiger partial charge on any atom is -0.372 e. The fourth-order valence-electron chi connectivity index (χ4n) is 4.88. The number of ether oxygens (including phenoxy) is 1. The van der Waals surface area contributed by atoms with Crippen molar-refractivity contribution in [1.29, 1.82) is 0 Å². The van der Waals surface area contributed by atoms with Crippen molar-refractivity contribution in [3.63, 3.8) is 0 Å². The molecule has 1 heterocycles. The predicted molar refractivity (Wildman–Crippen MR) is 115 cm³/mol. The first kappa shape index (κ1) is 24.1. The number of rotatable bonds is 8. The number of benzene rings is 1. The summed E-state index contributed by atoms with van der Waals surface area (Å²) in [7, 11) is 0. The van der Waals surface area contributed by atoms with E-state index in [1.807, 2.05) is 13.0 Å². The van der Waals surface area contributed by atoms with Crippen molar-refractivity contribution in [2.24, 2.45) is 5.92 Å². The lowest BCUT2D eigenvalue weighted by molar-refractivity contribution is -0.137. The average Bonchev–Trinajstić information content (AvgIpc) is 2.77. The van der Waals surface area contributed by atoms with E-state index in [9.17, 15) is 18.0 Å². The van der Waals surface area contributed by atoms with Crippen molar-refractivity contribution in [1.82, 2.24) is 10.2 Å². The lowest BCUT2D eigenvalue weighted by Crippen LogP contribution is -2.40.